The summed E-state index contributed by atoms with van der Waals surface area (Å²) in [5.41, 5.74) is 3.30. The molecular formula is C25H25IN2O3. The first-order chi connectivity index (χ1) is 15.1. The minimum Gasteiger partial charge on any atom is -0.494 e. The van der Waals surface area contributed by atoms with Gasteiger partial charge in [0.2, 0.25) is 0 Å². The van der Waals surface area contributed by atoms with Gasteiger partial charge in [-0.3, -0.25) is 0 Å². The van der Waals surface area contributed by atoms with Crippen LogP contribution in [0.4, 0.5) is 11.4 Å². The number of aryl methyl sites for hydroxylation is 1. The predicted octanol–water partition coefficient (Wildman–Crippen LogP) is 7.67. The molecule has 31 heavy (non-hydrogen) atoms. The quantitative estimate of drug-likeness (QED) is 0.124. The Labute approximate surface area is 196 Å². The van der Waals surface area contributed by atoms with Crippen LogP contribution in [0.15, 0.2) is 77.0 Å². The van der Waals surface area contributed by atoms with Crippen molar-refractivity contribution >= 4 is 39.9 Å². The third-order valence-electron chi connectivity index (χ3n) is 4.56. The lowest BCUT2D eigenvalue weighted by molar-refractivity contribution is 0.0734. The Bertz CT molecular complexity index is 1030. The van der Waals surface area contributed by atoms with E-state index in [0.29, 0.717) is 17.9 Å². The maximum Gasteiger partial charge on any atom is 0.343 e. The molecule has 0 atom stereocenters. The summed E-state index contributed by atoms with van der Waals surface area (Å²) >= 11 is 2.16. The van der Waals surface area contributed by atoms with Gasteiger partial charge in [0.1, 0.15) is 11.5 Å². The monoisotopic (exact) mass is 528 g/mol. The minimum atomic E-state index is -0.420. The molecule has 0 heterocycles. The Kier molecular flexibility index (Phi) is 8.58. The van der Waals surface area contributed by atoms with E-state index in [1.807, 2.05) is 19.1 Å². The van der Waals surface area contributed by atoms with Crippen LogP contribution in [0.25, 0.3) is 0 Å². The molecular weight excluding hydrogens is 503 g/mol. The second kappa shape index (κ2) is 11.6. The molecule has 0 aromatic heterocycles. The second-order valence-corrected chi connectivity index (χ2v) is 8.09. The topological polar surface area (TPSA) is 60.2 Å². The van der Waals surface area contributed by atoms with Gasteiger partial charge in [0.15, 0.2) is 0 Å². The number of ether oxygens (including phenoxy) is 2. The van der Waals surface area contributed by atoms with E-state index in [0.717, 1.165) is 27.1 Å². The van der Waals surface area contributed by atoms with Crippen LogP contribution in [0.2, 0.25) is 0 Å². The van der Waals surface area contributed by atoms with Crippen molar-refractivity contribution in [1.29, 1.82) is 0 Å². The molecule has 0 aliphatic carbocycles. The predicted molar refractivity (Wildman–Crippen MR) is 131 cm³/mol. The Hall–Kier alpha value is -2.74. The van der Waals surface area contributed by atoms with Gasteiger partial charge >= 0.3 is 5.97 Å². The Balaban J connectivity index is 1.62. The van der Waals surface area contributed by atoms with Gasteiger partial charge in [-0.05, 0) is 103 Å². The van der Waals surface area contributed by atoms with Crippen LogP contribution in [0.1, 0.15) is 42.6 Å². The normalized spacial score (nSPS) is 10.9. The molecule has 0 aliphatic rings. The zero-order valence-electron chi connectivity index (χ0n) is 17.7. The highest BCUT2D eigenvalue weighted by molar-refractivity contribution is 14.1. The summed E-state index contributed by atoms with van der Waals surface area (Å²) in [4.78, 5) is 12.4. The standard InChI is InChI=1S/C25H25IN2O3/c1-3-5-6-18-7-11-20(12-8-18)27-28-24-16-15-22(17-23(24)26)31-25(29)19-9-13-21(14-10-19)30-4-2/h7-17H,3-6H2,1-2H3. The summed E-state index contributed by atoms with van der Waals surface area (Å²) in [5.74, 6) is 0.762. The van der Waals surface area contributed by atoms with Crippen molar-refractivity contribution in [3.63, 3.8) is 0 Å². The van der Waals surface area contributed by atoms with Crippen molar-refractivity contribution in [3.8, 4) is 11.5 Å². The van der Waals surface area contributed by atoms with Gasteiger partial charge in [0.05, 0.1) is 23.5 Å². The van der Waals surface area contributed by atoms with Gasteiger partial charge in [0.25, 0.3) is 0 Å². The average Bonchev–Trinajstić information content (AvgIpc) is 2.78. The van der Waals surface area contributed by atoms with Crippen molar-refractivity contribution in [2.45, 2.75) is 33.1 Å². The molecule has 0 saturated carbocycles. The van der Waals surface area contributed by atoms with E-state index in [1.54, 1.807) is 42.5 Å². The number of benzene rings is 3. The van der Waals surface area contributed by atoms with E-state index >= 15 is 0 Å². The molecule has 5 nitrogen and oxygen atoms in total. The molecule has 3 aromatic carbocycles. The largest absolute Gasteiger partial charge is 0.494 e. The zero-order chi connectivity index (χ0) is 22.1. The first-order valence-electron chi connectivity index (χ1n) is 10.3. The summed E-state index contributed by atoms with van der Waals surface area (Å²) in [6, 6.07) is 20.3. The van der Waals surface area contributed by atoms with Crippen LogP contribution in [0.3, 0.4) is 0 Å². The zero-order valence-corrected chi connectivity index (χ0v) is 19.8. The van der Waals surface area contributed by atoms with Crippen LogP contribution in [0.5, 0.6) is 11.5 Å². The van der Waals surface area contributed by atoms with Crippen molar-refractivity contribution in [2.24, 2.45) is 10.2 Å². The van der Waals surface area contributed by atoms with Gasteiger partial charge < -0.3 is 9.47 Å². The molecule has 0 fully saturated rings. The molecule has 0 spiro atoms. The number of rotatable bonds is 9. The summed E-state index contributed by atoms with van der Waals surface area (Å²) in [7, 11) is 0. The third-order valence-corrected chi connectivity index (χ3v) is 5.42. The summed E-state index contributed by atoms with van der Waals surface area (Å²) < 4.78 is 11.7. The molecule has 3 aromatic rings. The van der Waals surface area contributed by atoms with Crippen molar-refractivity contribution < 1.29 is 14.3 Å². The number of hydrogen-bond donors (Lipinski definition) is 0. The van der Waals surface area contributed by atoms with Gasteiger partial charge in [-0.25, -0.2) is 4.79 Å². The molecule has 3 rings (SSSR count). The summed E-state index contributed by atoms with van der Waals surface area (Å²) in [5, 5.41) is 8.66. The van der Waals surface area contributed by atoms with E-state index in [4.69, 9.17) is 9.47 Å². The Morgan fingerprint density at radius 2 is 1.61 bits per heavy atom. The third kappa shape index (κ3) is 6.89. The summed E-state index contributed by atoms with van der Waals surface area (Å²) in [6.07, 6.45) is 3.46. The van der Waals surface area contributed by atoms with Gasteiger partial charge in [-0.2, -0.15) is 5.11 Å². The molecule has 0 radical (unpaired) electrons. The van der Waals surface area contributed by atoms with Crippen LogP contribution in [0, 0.1) is 3.57 Å². The maximum absolute atomic E-state index is 12.4. The van der Waals surface area contributed by atoms with E-state index in [9.17, 15) is 4.79 Å². The fourth-order valence-corrected chi connectivity index (χ4v) is 3.47. The van der Waals surface area contributed by atoms with Gasteiger partial charge in [-0.1, -0.05) is 25.5 Å². The number of esters is 1. The number of hydrogen-bond acceptors (Lipinski definition) is 5. The van der Waals surface area contributed by atoms with E-state index in [2.05, 4.69) is 51.9 Å². The molecule has 0 amide bonds. The lowest BCUT2D eigenvalue weighted by Gasteiger charge is -2.07. The number of carbonyl (C=O) groups is 1. The number of unbranched alkanes of at least 4 members (excludes halogenated alkanes) is 1. The Morgan fingerprint density at radius 3 is 2.26 bits per heavy atom. The maximum atomic E-state index is 12.4. The lowest BCUT2D eigenvalue weighted by Crippen LogP contribution is -2.08. The molecule has 0 unspecified atom stereocenters. The SMILES string of the molecule is CCCCc1ccc(N=Nc2ccc(OC(=O)c3ccc(OCC)cc3)cc2I)cc1. The van der Waals surface area contributed by atoms with E-state index in [-0.39, 0.29) is 0 Å². The van der Waals surface area contributed by atoms with Crippen molar-refractivity contribution in [1.82, 2.24) is 0 Å². The molecule has 0 aliphatic heterocycles. The van der Waals surface area contributed by atoms with Crippen LogP contribution < -0.4 is 9.47 Å². The number of nitrogens with zero attached hydrogens (tertiary/aromatic N) is 2. The smallest absolute Gasteiger partial charge is 0.343 e. The average molecular weight is 528 g/mol. The molecule has 160 valence electrons. The number of halogens is 1. The van der Waals surface area contributed by atoms with Crippen LogP contribution in [-0.4, -0.2) is 12.6 Å². The van der Waals surface area contributed by atoms with Crippen LogP contribution >= 0.6 is 22.6 Å². The molecule has 0 saturated heterocycles. The lowest BCUT2D eigenvalue weighted by atomic mass is 10.1. The van der Waals surface area contributed by atoms with E-state index < -0.39 is 5.97 Å². The van der Waals surface area contributed by atoms with Gasteiger partial charge in [-0.15, -0.1) is 5.11 Å². The van der Waals surface area contributed by atoms with Crippen molar-refractivity contribution in [2.75, 3.05) is 6.61 Å². The molecule has 0 N–H and O–H groups in total. The highest BCUT2D eigenvalue weighted by Crippen LogP contribution is 2.28. The Morgan fingerprint density at radius 1 is 0.903 bits per heavy atom. The number of carbonyl (C=O) groups excluding carboxylic acids is 1. The minimum absolute atomic E-state index is 0.420. The first kappa shape index (κ1) is 22.9. The summed E-state index contributed by atoms with van der Waals surface area (Å²) in [6.45, 7) is 4.68. The fourth-order valence-electron chi connectivity index (χ4n) is 2.87. The van der Waals surface area contributed by atoms with Gasteiger partial charge in [0, 0.05) is 3.57 Å². The van der Waals surface area contributed by atoms with Crippen LogP contribution in [-0.2, 0) is 6.42 Å². The number of azo groups is 1. The fraction of sp³-hybridized carbons (Fsp3) is 0.240. The first-order valence-corrected chi connectivity index (χ1v) is 11.4. The molecule has 6 heteroatoms. The van der Waals surface area contributed by atoms with Crippen molar-refractivity contribution in [3.05, 3.63) is 81.4 Å². The highest BCUT2D eigenvalue weighted by Gasteiger charge is 2.10. The second-order valence-electron chi connectivity index (χ2n) is 6.93. The molecule has 0 bridgehead atoms. The van der Waals surface area contributed by atoms with E-state index in [1.165, 1.54) is 18.4 Å². The highest BCUT2D eigenvalue weighted by atomic mass is 127.